The number of aromatic nitrogens is 2. The van der Waals surface area contributed by atoms with Crippen molar-refractivity contribution in [3.05, 3.63) is 58.9 Å². The van der Waals surface area contributed by atoms with Gasteiger partial charge in [0, 0.05) is 11.8 Å². The number of pyridine rings is 1. The molecule has 0 atom stereocenters. The van der Waals surface area contributed by atoms with Crippen LogP contribution in [0, 0.1) is 0 Å². The average Bonchev–Trinajstić information content (AvgIpc) is 2.85. The van der Waals surface area contributed by atoms with Crippen LogP contribution in [0.5, 0.6) is 0 Å². The van der Waals surface area contributed by atoms with Gasteiger partial charge in [0.1, 0.15) is 17.0 Å². The summed E-state index contributed by atoms with van der Waals surface area (Å²) in [5.41, 5.74) is 4.11. The molecule has 2 aromatic heterocycles. The van der Waals surface area contributed by atoms with Gasteiger partial charge in [0.15, 0.2) is 6.29 Å². The van der Waals surface area contributed by atoms with Crippen molar-refractivity contribution in [1.82, 2.24) is 9.38 Å². The van der Waals surface area contributed by atoms with Gasteiger partial charge in [0.2, 0.25) is 0 Å². The summed E-state index contributed by atoms with van der Waals surface area (Å²) in [5, 5.41) is 0.574. The Morgan fingerprint density at radius 1 is 1.14 bits per heavy atom. The number of carbonyl (C=O) groups excluding carboxylic acids is 1. The third-order valence-corrected chi connectivity index (χ3v) is 3.81. The van der Waals surface area contributed by atoms with Gasteiger partial charge in [-0.05, 0) is 23.6 Å². The van der Waals surface area contributed by atoms with Crippen LogP contribution in [-0.4, -0.2) is 15.7 Å². The van der Waals surface area contributed by atoms with Gasteiger partial charge in [-0.3, -0.25) is 9.20 Å². The third-order valence-electron chi connectivity index (χ3n) is 3.58. The Morgan fingerprint density at radius 3 is 2.48 bits per heavy atom. The highest BCUT2D eigenvalue weighted by Crippen LogP contribution is 2.26. The molecule has 0 radical (unpaired) electrons. The standard InChI is InChI=1S/C17H15ClN2O/c1-11(2)12-3-5-13(6-4-12)17-15(10-21)20-9-14(18)7-8-16(20)19-17/h3-11H,1-2H3. The van der Waals surface area contributed by atoms with Crippen molar-refractivity contribution in [3.63, 3.8) is 0 Å². The number of hydrogen-bond donors (Lipinski definition) is 0. The molecule has 0 spiro atoms. The molecule has 0 unspecified atom stereocenters. The lowest BCUT2D eigenvalue weighted by Gasteiger charge is -2.06. The Bertz CT molecular complexity index is 804. The molecule has 106 valence electrons. The first-order chi connectivity index (χ1) is 10.1. The number of imidazole rings is 1. The number of nitrogens with zero attached hydrogens (tertiary/aromatic N) is 2. The fourth-order valence-electron chi connectivity index (χ4n) is 2.39. The summed E-state index contributed by atoms with van der Waals surface area (Å²) < 4.78 is 1.72. The highest BCUT2D eigenvalue weighted by atomic mass is 35.5. The number of hydrogen-bond acceptors (Lipinski definition) is 2. The molecule has 0 aliphatic heterocycles. The van der Waals surface area contributed by atoms with Gasteiger partial charge in [-0.15, -0.1) is 0 Å². The van der Waals surface area contributed by atoms with Crippen LogP contribution >= 0.6 is 11.6 Å². The van der Waals surface area contributed by atoms with Gasteiger partial charge in [-0.1, -0.05) is 49.7 Å². The van der Waals surface area contributed by atoms with Gasteiger partial charge in [-0.2, -0.15) is 0 Å². The predicted octanol–water partition coefficient (Wildman–Crippen LogP) is 4.59. The van der Waals surface area contributed by atoms with Gasteiger partial charge in [0.25, 0.3) is 0 Å². The fourth-order valence-corrected chi connectivity index (χ4v) is 2.55. The SMILES string of the molecule is CC(C)c1ccc(-c2nc3ccc(Cl)cn3c2C=O)cc1. The van der Waals surface area contributed by atoms with E-state index >= 15 is 0 Å². The molecule has 0 fully saturated rings. The summed E-state index contributed by atoms with van der Waals surface area (Å²) in [6.45, 7) is 4.30. The molecule has 21 heavy (non-hydrogen) atoms. The van der Waals surface area contributed by atoms with Crippen LogP contribution in [-0.2, 0) is 0 Å². The lowest BCUT2D eigenvalue weighted by Crippen LogP contribution is -1.93. The molecule has 3 aromatic rings. The van der Waals surface area contributed by atoms with E-state index in [9.17, 15) is 4.79 Å². The van der Waals surface area contributed by atoms with E-state index in [-0.39, 0.29) is 0 Å². The maximum Gasteiger partial charge on any atom is 0.169 e. The topological polar surface area (TPSA) is 34.4 Å². The van der Waals surface area contributed by atoms with E-state index in [1.54, 1.807) is 22.7 Å². The molecule has 2 heterocycles. The number of benzene rings is 1. The zero-order valence-corrected chi connectivity index (χ0v) is 12.6. The summed E-state index contributed by atoms with van der Waals surface area (Å²) in [6, 6.07) is 11.7. The first kappa shape index (κ1) is 13.8. The van der Waals surface area contributed by atoms with Gasteiger partial charge < -0.3 is 0 Å². The van der Waals surface area contributed by atoms with Crippen molar-refractivity contribution < 1.29 is 4.79 Å². The van der Waals surface area contributed by atoms with E-state index in [0.717, 1.165) is 11.8 Å². The zero-order chi connectivity index (χ0) is 15.0. The molecule has 0 saturated heterocycles. The highest BCUT2D eigenvalue weighted by Gasteiger charge is 2.13. The lowest BCUT2D eigenvalue weighted by atomic mass is 10.0. The Labute approximate surface area is 128 Å². The third kappa shape index (κ3) is 2.45. The van der Waals surface area contributed by atoms with E-state index in [1.165, 1.54) is 5.56 Å². The quantitative estimate of drug-likeness (QED) is 0.663. The Hall–Kier alpha value is -2.13. The molecule has 0 amide bonds. The van der Waals surface area contributed by atoms with Gasteiger partial charge in [0.05, 0.1) is 5.02 Å². The predicted molar refractivity (Wildman–Crippen MR) is 85.1 cm³/mol. The Kier molecular flexibility index (Phi) is 3.52. The molecular formula is C17H15ClN2O. The second kappa shape index (κ2) is 5.34. The van der Waals surface area contributed by atoms with E-state index in [0.29, 0.717) is 28.0 Å². The van der Waals surface area contributed by atoms with Gasteiger partial charge in [-0.25, -0.2) is 4.98 Å². The van der Waals surface area contributed by atoms with Crippen molar-refractivity contribution in [2.45, 2.75) is 19.8 Å². The second-order valence-electron chi connectivity index (χ2n) is 5.32. The van der Waals surface area contributed by atoms with Crippen LogP contribution < -0.4 is 0 Å². The molecule has 0 aliphatic carbocycles. The van der Waals surface area contributed by atoms with Crippen molar-refractivity contribution >= 4 is 23.5 Å². The molecule has 0 bridgehead atoms. The highest BCUT2D eigenvalue weighted by molar-refractivity contribution is 6.30. The first-order valence-corrected chi connectivity index (χ1v) is 7.21. The number of halogens is 1. The number of fused-ring (bicyclic) bond motifs is 1. The van der Waals surface area contributed by atoms with Crippen LogP contribution in [0.1, 0.15) is 35.8 Å². The minimum Gasteiger partial charge on any atom is -0.296 e. The van der Waals surface area contributed by atoms with Gasteiger partial charge >= 0.3 is 0 Å². The molecule has 0 saturated carbocycles. The van der Waals surface area contributed by atoms with Crippen LogP contribution in [0.3, 0.4) is 0 Å². The lowest BCUT2D eigenvalue weighted by molar-refractivity contribution is 0.111. The van der Waals surface area contributed by atoms with Crippen LogP contribution in [0.25, 0.3) is 16.9 Å². The molecule has 4 heteroatoms. The van der Waals surface area contributed by atoms with E-state index in [2.05, 4.69) is 31.0 Å². The summed E-state index contributed by atoms with van der Waals surface area (Å²) >= 11 is 5.99. The Morgan fingerprint density at radius 2 is 1.86 bits per heavy atom. The number of rotatable bonds is 3. The molecule has 3 nitrogen and oxygen atoms in total. The first-order valence-electron chi connectivity index (χ1n) is 6.83. The minimum absolute atomic E-state index is 0.476. The fraction of sp³-hybridized carbons (Fsp3) is 0.176. The summed E-state index contributed by atoms with van der Waals surface area (Å²) in [6.07, 6.45) is 2.53. The monoisotopic (exact) mass is 298 g/mol. The van der Waals surface area contributed by atoms with Crippen molar-refractivity contribution in [3.8, 4) is 11.3 Å². The molecule has 0 N–H and O–H groups in total. The normalized spacial score (nSPS) is 11.2. The largest absolute Gasteiger partial charge is 0.296 e. The molecular weight excluding hydrogens is 284 g/mol. The zero-order valence-electron chi connectivity index (χ0n) is 11.9. The molecule has 3 rings (SSSR count). The second-order valence-corrected chi connectivity index (χ2v) is 5.75. The van der Waals surface area contributed by atoms with E-state index < -0.39 is 0 Å². The van der Waals surface area contributed by atoms with E-state index in [4.69, 9.17) is 11.6 Å². The Balaban J connectivity index is 2.17. The van der Waals surface area contributed by atoms with E-state index in [1.807, 2.05) is 12.1 Å². The number of aldehydes is 1. The van der Waals surface area contributed by atoms with Crippen LogP contribution in [0.15, 0.2) is 42.6 Å². The maximum absolute atomic E-state index is 11.5. The van der Waals surface area contributed by atoms with Crippen LogP contribution in [0.4, 0.5) is 0 Å². The average molecular weight is 299 g/mol. The number of carbonyl (C=O) groups is 1. The van der Waals surface area contributed by atoms with Crippen molar-refractivity contribution in [2.75, 3.05) is 0 Å². The van der Waals surface area contributed by atoms with Crippen LogP contribution in [0.2, 0.25) is 5.02 Å². The molecule has 1 aromatic carbocycles. The molecule has 0 aliphatic rings. The summed E-state index contributed by atoms with van der Waals surface area (Å²) in [5.74, 6) is 0.476. The smallest absolute Gasteiger partial charge is 0.169 e. The van der Waals surface area contributed by atoms with Crippen molar-refractivity contribution in [1.29, 1.82) is 0 Å². The minimum atomic E-state index is 0.476. The maximum atomic E-state index is 11.5. The summed E-state index contributed by atoms with van der Waals surface area (Å²) in [7, 11) is 0. The van der Waals surface area contributed by atoms with Crippen molar-refractivity contribution in [2.24, 2.45) is 0 Å². The summed E-state index contributed by atoms with van der Waals surface area (Å²) in [4.78, 5) is 16.0.